The number of thiophene rings is 1. The zero-order chi connectivity index (χ0) is 14.8. The van der Waals surface area contributed by atoms with Crippen LogP contribution in [0.3, 0.4) is 0 Å². The largest absolute Gasteiger partial charge is 0.448 e. The minimum Gasteiger partial charge on any atom is -0.448 e. The molecule has 2 heterocycles. The number of benzene rings is 1. The average Bonchev–Trinajstić information content (AvgIpc) is 3.15. The van der Waals surface area contributed by atoms with Crippen molar-refractivity contribution >= 4 is 28.9 Å². The molecule has 1 atom stereocenters. The summed E-state index contributed by atoms with van der Waals surface area (Å²) < 4.78 is 5.26. The first-order chi connectivity index (χ1) is 10.2. The summed E-state index contributed by atoms with van der Waals surface area (Å²) in [5.41, 5.74) is 2.07. The van der Waals surface area contributed by atoms with Gasteiger partial charge < -0.3 is 9.64 Å². The molecule has 0 saturated heterocycles. The molecular formula is C16H15NO3S. The second-order valence-electron chi connectivity index (χ2n) is 4.89. The Balaban J connectivity index is 1.70. The lowest BCUT2D eigenvalue weighted by Crippen LogP contribution is -2.39. The van der Waals surface area contributed by atoms with Gasteiger partial charge in [0.1, 0.15) is 4.88 Å². The molecular weight excluding hydrogens is 286 g/mol. The lowest BCUT2D eigenvalue weighted by Gasteiger charge is -2.21. The molecule has 0 spiro atoms. The van der Waals surface area contributed by atoms with E-state index in [9.17, 15) is 9.59 Å². The zero-order valence-electron chi connectivity index (χ0n) is 11.6. The number of amides is 1. The second-order valence-corrected chi connectivity index (χ2v) is 5.84. The van der Waals surface area contributed by atoms with Gasteiger partial charge in [-0.3, -0.25) is 4.79 Å². The Bertz CT molecular complexity index is 666. The van der Waals surface area contributed by atoms with Crippen molar-refractivity contribution in [1.29, 1.82) is 0 Å². The molecule has 0 bridgehead atoms. The van der Waals surface area contributed by atoms with E-state index in [0.29, 0.717) is 11.4 Å². The number of rotatable bonds is 3. The summed E-state index contributed by atoms with van der Waals surface area (Å²) in [6, 6.07) is 11.3. The standard InChI is InChI=1S/C16H15NO3S/c1-11(20-16(19)14-7-4-10-21-14)15(18)17-9-8-12-5-2-3-6-13(12)17/h2-7,10-11H,8-9H2,1H3. The smallest absolute Gasteiger partial charge is 0.349 e. The van der Waals surface area contributed by atoms with E-state index in [1.165, 1.54) is 11.3 Å². The lowest BCUT2D eigenvalue weighted by atomic mass is 10.2. The van der Waals surface area contributed by atoms with Crippen LogP contribution >= 0.6 is 11.3 Å². The number of fused-ring (bicyclic) bond motifs is 1. The van der Waals surface area contributed by atoms with Gasteiger partial charge in [-0.1, -0.05) is 24.3 Å². The molecule has 1 aromatic heterocycles. The highest BCUT2D eigenvalue weighted by Crippen LogP contribution is 2.28. The SMILES string of the molecule is CC(OC(=O)c1cccs1)C(=O)N1CCc2ccccc21. The van der Waals surface area contributed by atoms with Crippen LogP contribution in [-0.4, -0.2) is 24.5 Å². The van der Waals surface area contributed by atoms with Crippen LogP contribution in [0, 0.1) is 0 Å². The summed E-state index contributed by atoms with van der Waals surface area (Å²) >= 11 is 1.31. The van der Waals surface area contributed by atoms with Crippen LogP contribution in [0.2, 0.25) is 0 Å². The van der Waals surface area contributed by atoms with E-state index >= 15 is 0 Å². The van der Waals surface area contributed by atoms with E-state index in [2.05, 4.69) is 0 Å². The Labute approximate surface area is 127 Å². The number of nitrogens with zero attached hydrogens (tertiary/aromatic N) is 1. The Morgan fingerprint density at radius 3 is 2.81 bits per heavy atom. The fourth-order valence-electron chi connectivity index (χ4n) is 2.45. The highest BCUT2D eigenvalue weighted by atomic mass is 32.1. The zero-order valence-corrected chi connectivity index (χ0v) is 12.4. The molecule has 1 amide bonds. The molecule has 5 heteroatoms. The van der Waals surface area contributed by atoms with Gasteiger partial charge in [0.25, 0.3) is 5.91 Å². The first kappa shape index (κ1) is 13.8. The summed E-state index contributed by atoms with van der Waals surface area (Å²) in [6.45, 7) is 2.26. The summed E-state index contributed by atoms with van der Waals surface area (Å²) in [4.78, 5) is 26.6. The fraction of sp³-hybridized carbons (Fsp3) is 0.250. The topological polar surface area (TPSA) is 46.6 Å². The molecule has 0 saturated carbocycles. The Morgan fingerprint density at radius 2 is 2.05 bits per heavy atom. The Morgan fingerprint density at radius 1 is 1.24 bits per heavy atom. The van der Waals surface area contributed by atoms with Gasteiger partial charge in [-0.15, -0.1) is 11.3 Å². The highest BCUT2D eigenvalue weighted by Gasteiger charge is 2.29. The monoisotopic (exact) mass is 301 g/mol. The minimum atomic E-state index is -0.786. The van der Waals surface area contributed by atoms with Gasteiger partial charge in [-0.2, -0.15) is 0 Å². The Hall–Kier alpha value is -2.14. The van der Waals surface area contributed by atoms with Crippen molar-refractivity contribution in [3.8, 4) is 0 Å². The van der Waals surface area contributed by atoms with Crippen LogP contribution in [-0.2, 0) is 16.0 Å². The molecule has 21 heavy (non-hydrogen) atoms. The molecule has 1 aromatic carbocycles. The maximum absolute atomic E-state index is 12.5. The van der Waals surface area contributed by atoms with Crippen molar-refractivity contribution in [2.75, 3.05) is 11.4 Å². The van der Waals surface area contributed by atoms with E-state index in [1.807, 2.05) is 24.3 Å². The number of para-hydroxylation sites is 1. The first-order valence-corrected chi connectivity index (χ1v) is 7.68. The van der Waals surface area contributed by atoms with Crippen LogP contribution in [0.4, 0.5) is 5.69 Å². The van der Waals surface area contributed by atoms with Gasteiger partial charge in [0.15, 0.2) is 6.10 Å². The maximum Gasteiger partial charge on any atom is 0.349 e. The van der Waals surface area contributed by atoms with Gasteiger partial charge in [-0.25, -0.2) is 4.79 Å². The normalized spacial score (nSPS) is 14.6. The molecule has 1 unspecified atom stereocenters. The van der Waals surface area contributed by atoms with Crippen LogP contribution < -0.4 is 4.90 Å². The predicted octanol–water partition coefficient (Wildman–Crippen LogP) is 2.88. The van der Waals surface area contributed by atoms with Crippen molar-refractivity contribution in [3.05, 3.63) is 52.2 Å². The lowest BCUT2D eigenvalue weighted by molar-refractivity contribution is -0.126. The fourth-order valence-corrected chi connectivity index (χ4v) is 3.06. The summed E-state index contributed by atoms with van der Waals surface area (Å²) in [5.74, 6) is -0.622. The summed E-state index contributed by atoms with van der Waals surface area (Å²) in [6.07, 6.45) is 0.0544. The molecule has 2 aromatic rings. The predicted molar refractivity (Wildman–Crippen MR) is 81.7 cm³/mol. The molecule has 108 valence electrons. The number of esters is 1. The van der Waals surface area contributed by atoms with E-state index in [0.717, 1.165) is 17.7 Å². The van der Waals surface area contributed by atoms with Crippen molar-refractivity contribution in [2.24, 2.45) is 0 Å². The Kier molecular flexibility index (Phi) is 3.75. The molecule has 0 fully saturated rings. The molecule has 1 aliphatic rings. The van der Waals surface area contributed by atoms with Crippen molar-refractivity contribution in [2.45, 2.75) is 19.4 Å². The van der Waals surface area contributed by atoms with Gasteiger partial charge >= 0.3 is 5.97 Å². The van der Waals surface area contributed by atoms with Crippen molar-refractivity contribution in [1.82, 2.24) is 0 Å². The van der Waals surface area contributed by atoms with Crippen LogP contribution in [0.5, 0.6) is 0 Å². The number of anilines is 1. The van der Waals surface area contributed by atoms with E-state index < -0.39 is 12.1 Å². The summed E-state index contributed by atoms with van der Waals surface area (Å²) in [5, 5.41) is 1.81. The maximum atomic E-state index is 12.5. The molecule has 4 nitrogen and oxygen atoms in total. The van der Waals surface area contributed by atoms with Gasteiger partial charge in [0, 0.05) is 12.2 Å². The van der Waals surface area contributed by atoms with Crippen LogP contribution in [0.15, 0.2) is 41.8 Å². The van der Waals surface area contributed by atoms with Crippen LogP contribution in [0.1, 0.15) is 22.2 Å². The summed E-state index contributed by atoms with van der Waals surface area (Å²) in [7, 11) is 0. The third-order valence-electron chi connectivity index (χ3n) is 3.51. The number of ether oxygens (including phenoxy) is 1. The van der Waals surface area contributed by atoms with Crippen LogP contribution in [0.25, 0.3) is 0 Å². The van der Waals surface area contributed by atoms with Gasteiger partial charge in [0.05, 0.1) is 0 Å². The molecule has 1 aliphatic heterocycles. The number of hydrogen-bond donors (Lipinski definition) is 0. The van der Waals surface area contributed by atoms with Gasteiger partial charge in [0.2, 0.25) is 0 Å². The molecule has 0 radical (unpaired) electrons. The average molecular weight is 301 g/mol. The van der Waals surface area contributed by atoms with Gasteiger partial charge in [-0.05, 0) is 36.4 Å². The van der Waals surface area contributed by atoms with E-state index in [-0.39, 0.29) is 5.91 Å². The third-order valence-corrected chi connectivity index (χ3v) is 4.36. The quantitative estimate of drug-likeness (QED) is 0.819. The molecule has 0 N–H and O–H groups in total. The van der Waals surface area contributed by atoms with Crippen molar-refractivity contribution in [3.63, 3.8) is 0 Å². The first-order valence-electron chi connectivity index (χ1n) is 6.80. The number of carbonyl (C=O) groups excluding carboxylic acids is 2. The number of hydrogen-bond acceptors (Lipinski definition) is 4. The number of carbonyl (C=O) groups is 2. The molecule has 0 aliphatic carbocycles. The minimum absolute atomic E-state index is 0.176. The third kappa shape index (κ3) is 2.69. The van der Waals surface area contributed by atoms with E-state index in [1.54, 1.807) is 29.3 Å². The second kappa shape index (κ2) is 5.69. The van der Waals surface area contributed by atoms with Crippen molar-refractivity contribution < 1.29 is 14.3 Å². The van der Waals surface area contributed by atoms with E-state index in [4.69, 9.17) is 4.74 Å². The molecule has 3 rings (SSSR count). The highest BCUT2D eigenvalue weighted by molar-refractivity contribution is 7.11.